The topological polar surface area (TPSA) is 83.1 Å². The molecule has 34 heavy (non-hydrogen) atoms. The molecule has 0 aliphatic carbocycles. The number of hydrogen-bond acceptors (Lipinski definition) is 7. The number of nitrogens with one attached hydrogen (secondary N) is 1. The monoisotopic (exact) mass is 451 g/mol. The third-order valence-corrected chi connectivity index (χ3v) is 6.54. The predicted octanol–water partition coefficient (Wildman–Crippen LogP) is 4.00. The number of aromatic amines is 1. The molecule has 0 radical (unpaired) electrons. The van der Waals surface area contributed by atoms with Gasteiger partial charge in [0.1, 0.15) is 17.8 Å². The van der Waals surface area contributed by atoms with Crippen molar-refractivity contribution in [3.8, 4) is 28.1 Å². The van der Waals surface area contributed by atoms with E-state index in [1.165, 1.54) is 6.33 Å². The molecule has 1 aliphatic heterocycles. The standard InChI is InChI=1S/C26H25N7O/c1-32-7-9-33(10-8-32)24-13-17(5-6-27-24)19-12-20-22(15-29-25(20)28-14-19)18-3-4-23-21(11-18)26(34-2)31-16-30-23/h3-6,11-16H,7-10H2,1-2H3,(H,28,29). The van der Waals surface area contributed by atoms with Crippen molar-refractivity contribution in [1.82, 2.24) is 29.8 Å². The van der Waals surface area contributed by atoms with Crippen molar-refractivity contribution in [2.75, 3.05) is 45.2 Å². The van der Waals surface area contributed by atoms with E-state index in [1.54, 1.807) is 7.11 Å². The molecule has 5 aromatic rings. The van der Waals surface area contributed by atoms with Crippen LogP contribution in [0.1, 0.15) is 0 Å². The zero-order chi connectivity index (χ0) is 23.1. The van der Waals surface area contributed by atoms with Crippen LogP contribution in [0.5, 0.6) is 5.88 Å². The molecule has 6 rings (SSSR count). The molecule has 0 spiro atoms. The number of anilines is 1. The summed E-state index contributed by atoms with van der Waals surface area (Å²) < 4.78 is 5.45. The van der Waals surface area contributed by atoms with Gasteiger partial charge in [-0.25, -0.2) is 19.9 Å². The summed E-state index contributed by atoms with van der Waals surface area (Å²) in [7, 11) is 3.79. The van der Waals surface area contributed by atoms with Crippen LogP contribution in [0.15, 0.2) is 61.3 Å². The number of pyridine rings is 2. The first-order valence-electron chi connectivity index (χ1n) is 11.4. The molecule has 1 aliphatic rings. The summed E-state index contributed by atoms with van der Waals surface area (Å²) in [6.07, 6.45) is 7.33. The molecule has 0 atom stereocenters. The molecular formula is C26H25N7O. The van der Waals surface area contributed by atoms with E-state index in [0.29, 0.717) is 5.88 Å². The lowest BCUT2D eigenvalue weighted by Crippen LogP contribution is -2.44. The number of ether oxygens (including phenoxy) is 1. The summed E-state index contributed by atoms with van der Waals surface area (Å²) in [5.74, 6) is 1.58. The van der Waals surface area contributed by atoms with Gasteiger partial charge in [0.15, 0.2) is 0 Å². The van der Waals surface area contributed by atoms with Gasteiger partial charge in [-0.3, -0.25) is 0 Å². The zero-order valence-electron chi connectivity index (χ0n) is 19.2. The third-order valence-electron chi connectivity index (χ3n) is 6.54. The molecule has 0 bridgehead atoms. The molecule has 0 saturated carbocycles. The number of rotatable bonds is 4. The number of hydrogen-bond donors (Lipinski definition) is 1. The van der Waals surface area contributed by atoms with E-state index >= 15 is 0 Å². The second-order valence-electron chi connectivity index (χ2n) is 8.63. The Morgan fingerprint density at radius 2 is 1.71 bits per heavy atom. The first-order valence-corrected chi connectivity index (χ1v) is 11.4. The zero-order valence-corrected chi connectivity index (χ0v) is 19.2. The Bertz CT molecular complexity index is 1490. The van der Waals surface area contributed by atoms with E-state index in [-0.39, 0.29) is 0 Å². The summed E-state index contributed by atoms with van der Waals surface area (Å²) in [5.41, 5.74) is 6.00. The van der Waals surface area contributed by atoms with Gasteiger partial charge in [-0.15, -0.1) is 0 Å². The highest BCUT2D eigenvalue weighted by molar-refractivity contribution is 5.98. The second-order valence-corrected chi connectivity index (χ2v) is 8.63. The second kappa shape index (κ2) is 8.39. The number of likely N-dealkylation sites (N-methyl/N-ethyl adjacent to an activating group) is 1. The van der Waals surface area contributed by atoms with Crippen molar-refractivity contribution < 1.29 is 4.74 Å². The molecule has 1 saturated heterocycles. The fourth-order valence-corrected chi connectivity index (χ4v) is 4.57. The van der Waals surface area contributed by atoms with E-state index in [1.807, 2.05) is 30.7 Å². The van der Waals surface area contributed by atoms with Gasteiger partial charge in [0.25, 0.3) is 0 Å². The molecule has 1 aromatic carbocycles. The van der Waals surface area contributed by atoms with Crippen molar-refractivity contribution in [2.45, 2.75) is 0 Å². The summed E-state index contributed by atoms with van der Waals surface area (Å²) >= 11 is 0. The number of H-pyrrole nitrogens is 1. The summed E-state index contributed by atoms with van der Waals surface area (Å²) in [6.45, 7) is 4.07. The van der Waals surface area contributed by atoms with Crippen LogP contribution >= 0.6 is 0 Å². The highest BCUT2D eigenvalue weighted by Crippen LogP contribution is 2.34. The lowest BCUT2D eigenvalue weighted by molar-refractivity contribution is 0.312. The highest BCUT2D eigenvalue weighted by atomic mass is 16.5. The van der Waals surface area contributed by atoms with Gasteiger partial charge in [-0.1, -0.05) is 6.07 Å². The third kappa shape index (κ3) is 3.62. The van der Waals surface area contributed by atoms with Crippen LogP contribution in [0.25, 0.3) is 44.2 Å². The van der Waals surface area contributed by atoms with Crippen LogP contribution in [0.4, 0.5) is 5.82 Å². The fraction of sp³-hybridized carbons (Fsp3) is 0.231. The van der Waals surface area contributed by atoms with Crippen molar-refractivity contribution >= 4 is 27.8 Å². The first-order chi connectivity index (χ1) is 16.7. The number of methoxy groups -OCH3 is 1. The Balaban J connectivity index is 1.40. The summed E-state index contributed by atoms with van der Waals surface area (Å²) in [5, 5.41) is 1.94. The maximum atomic E-state index is 5.45. The van der Waals surface area contributed by atoms with E-state index in [2.05, 4.69) is 61.0 Å². The van der Waals surface area contributed by atoms with Gasteiger partial charge < -0.3 is 19.5 Å². The van der Waals surface area contributed by atoms with Crippen LogP contribution < -0.4 is 9.64 Å². The minimum atomic E-state index is 0.568. The van der Waals surface area contributed by atoms with E-state index in [4.69, 9.17) is 9.72 Å². The Hall–Kier alpha value is -4.04. The van der Waals surface area contributed by atoms with E-state index in [9.17, 15) is 0 Å². The molecule has 0 amide bonds. The van der Waals surface area contributed by atoms with E-state index < -0.39 is 0 Å². The Kier molecular flexibility index (Phi) is 5.07. The SMILES string of the molecule is COc1ncnc2ccc(-c3c[nH]c4ncc(-c5ccnc(N6CCN(C)CC6)c5)cc34)cc12. The largest absolute Gasteiger partial charge is 0.480 e. The van der Waals surface area contributed by atoms with Gasteiger partial charge in [0.05, 0.1) is 18.0 Å². The lowest BCUT2D eigenvalue weighted by atomic mass is 10.0. The highest BCUT2D eigenvalue weighted by Gasteiger charge is 2.16. The quantitative estimate of drug-likeness (QED) is 0.442. The molecule has 5 heterocycles. The molecule has 0 unspecified atom stereocenters. The van der Waals surface area contributed by atoms with Crippen molar-refractivity contribution in [2.24, 2.45) is 0 Å². The lowest BCUT2D eigenvalue weighted by Gasteiger charge is -2.33. The summed E-state index contributed by atoms with van der Waals surface area (Å²) in [4.78, 5) is 26.0. The van der Waals surface area contributed by atoms with Crippen LogP contribution in [-0.2, 0) is 0 Å². The van der Waals surface area contributed by atoms with Crippen molar-refractivity contribution in [1.29, 1.82) is 0 Å². The van der Waals surface area contributed by atoms with Crippen molar-refractivity contribution in [3.05, 3.63) is 61.3 Å². The van der Waals surface area contributed by atoms with E-state index in [0.717, 1.165) is 76.2 Å². The Morgan fingerprint density at radius 3 is 2.56 bits per heavy atom. The van der Waals surface area contributed by atoms with Crippen molar-refractivity contribution in [3.63, 3.8) is 0 Å². The molecule has 4 aromatic heterocycles. The summed E-state index contributed by atoms with van der Waals surface area (Å²) in [6, 6.07) is 12.5. The first kappa shape index (κ1) is 20.6. The van der Waals surface area contributed by atoms with Gasteiger partial charge in [-0.2, -0.15) is 0 Å². The number of piperazine rings is 1. The number of fused-ring (bicyclic) bond motifs is 2. The minimum absolute atomic E-state index is 0.568. The molecule has 1 fully saturated rings. The molecule has 8 heteroatoms. The Labute approximate surface area is 197 Å². The molecular weight excluding hydrogens is 426 g/mol. The minimum Gasteiger partial charge on any atom is -0.480 e. The average molecular weight is 452 g/mol. The van der Waals surface area contributed by atoms with Crippen LogP contribution in [0.2, 0.25) is 0 Å². The molecule has 8 nitrogen and oxygen atoms in total. The van der Waals surface area contributed by atoms with Crippen LogP contribution in [0, 0.1) is 0 Å². The van der Waals surface area contributed by atoms with Gasteiger partial charge >= 0.3 is 0 Å². The maximum absolute atomic E-state index is 5.45. The number of benzene rings is 1. The molecule has 170 valence electrons. The van der Waals surface area contributed by atoms with Gasteiger partial charge in [0, 0.05) is 61.3 Å². The van der Waals surface area contributed by atoms with Gasteiger partial charge in [-0.05, 0) is 48.5 Å². The Morgan fingerprint density at radius 1 is 0.853 bits per heavy atom. The average Bonchev–Trinajstić information content (AvgIpc) is 3.32. The number of nitrogens with zero attached hydrogens (tertiary/aromatic N) is 6. The van der Waals surface area contributed by atoms with Crippen LogP contribution in [0.3, 0.4) is 0 Å². The van der Waals surface area contributed by atoms with Crippen LogP contribution in [-0.4, -0.2) is 70.2 Å². The fourth-order valence-electron chi connectivity index (χ4n) is 4.57. The smallest absolute Gasteiger partial charge is 0.224 e. The van der Waals surface area contributed by atoms with Gasteiger partial charge in [0.2, 0.25) is 5.88 Å². The number of aromatic nitrogens is 5. The molecule has 1 N–H and O–H groups in total. The predicted molar refractivity (Wildman–Crippen MR) is 134 cm³/mol. The maximum Gasteiger partial charge on any atom is 0.224 e. The normalized spacial score (nSPS) is 14.7.